The number of thiophene rings is 1. The van der Waals surface area contributed by atoms with Gasteiger partial charge in [-0.2, -0.15) is 11.3 Å². The highest BCUT2D eigenvalue weighted by molar-refractivity contribution is 7.08. The predicted octanol–water partition coefficient (Wildman–Crippen LogP) is 3.67. The van der Waals surface area contributed by atoms with Crippen molar-refractivity contribution in [3.8, 4) is 0 Å². The maximum absolute atomic E-state index is 12.0. The van der Waals surface area contributed by atoms with Crippen LogP contribution in [0.1, 0.15) is 15.9 Å². The molecule has 2 aromatic rings. The number of hydrogen-bond acceptors (Lipinski definition) is 2. The highest BCUT2D eigenvalue weighted by atomic mass is 35.5. The van der Waals surface area contributed by atoms with E-state index >= 15 is 0 Å². The summed E-state index contributed by atoms with van der Waals surface area (Å²) < 4.78 is 0. The second-order valence-corrected chi connectivity index (χ2v) is 4.95. The van der Waals surface area contributed by atoms with Crippen molar-refractivity contribution in [3.63, 3.8) is 0 Å². The molecule has 1 aromatic heterocycles. The Hall–Kier alpha value is -1.32. The van der Waals surface area contributed by atoms with E-state index in [0.717, 1.165) is 11.1 Å². The van der Waals surface area contributed by atoms with Gasteiger partial charge < -0.3 is 4.90 Å². The average Bonchev–Trinajstić information content (AvgIpc) is 2.84. The molecule has 1 aromatic carbocycles. The minimum absolute atomic E-state index is 0.0196. The van der Waals surface area contributed by atoms with Crippen LogP contribution in [0, 0.1) is 0 Å². The Bertz CT molecular complexity index is 510. The molecule has 0 saturated carbocycles. The average molecular weight is 266 g/mol. The molecule has 4 heteroatoms. The fourth-order valence-corrected chi connectivity index (χ4v) is 2.39. The largest absolute Gasteiger partial charge is 0.337 e. The van der Waals surface area contributed by atoms with E-state index in [4.69, 9.17) is 11.6 Å². The Morgan fingerprint density at radius 2 is 2.12 bits per heavy atom. The number of halogens is 1. The van der Waals surface area contributed by atoms with Crippen molar-refractivity contribution < 1.29 is 4.79 Å². The molecule has 0 aliphatic rings. The van der Waals surface area contributed by atoms with Crippen LogP contribution in [-0.2, 0) is 6.54 Å². The molecule has 0 unspecified atom stereocenters. The molecule has 2 nitrogen and oxygen atoms in total. The van der Waals surface area contributed by atoms with E-state index in [-0.39, 0.29) is 5.91 Å². The summed E-state index contributed by atoms with van der Waals surface area (Å²) in [5.41, 5.74) is 1.68. The van der Waals surface area contributed by atoms with Gasteiger partial charge in [0.2, 0.25) is 0 Å². The zero-order valence-electron chi connectivity index (χ0n) is 9.39. The molecule has 0 aliphatic carbocycles. The lowest BCUT2D eigenvalue weighted by molar-refractivity contribution is 0.0785. The van der Waals surface area contributed by atoms with Crippen molar-refractivity contribution in [1.82, 2.24) is 4.90 Å². The first-order valence-electron chi connectivity index (χ1n) is 5.19. The highest BCUT2D eigenvalue weighted by Gasteiger charge is 2.13. The molecule has 0 bridgehead atoms. The number of nitrogens with zero attached hydrogens (tertiary/aromatic N) is 1. The second kappa shape index (κ2) is 5.34. The summed E-state index contributed by atoms with van der Waals surface area (Å²) in [5, 5.41) is 4.44. The Morgan fingerprint density at radius 1 is 1.35 bits per heavy atom. The third kappa shape index (κ3) is 2.87. The van der Waals surface area contributed by atoms with Crippen LogP contribution >= 0.6 is 22.9 Å². The molecule has 0 aliphatic heterocycles. The van der Waals surface area contributed by atoms with Gasteiger partial charge in [0.15, 0.2) is 0 Å². The summed E-state index contributed by atoms with van der Waals surface area (Å²) in [6.45, 7) is 0.522. The fourth-order valence-electron chi connectivity index (χ4n) is 1.56. The van der Waals surface area contributed by atoms with E-state index in [2.05, 4.69) is 0 Å². The molecule has 0 saturated heterocycles. The number of carbonyl (C=O) groups excluding carboxylic acids is 1. The number of hydrogen-bond donors (Lipinski definition) is 0. The summed E-state index contributed by atoms with van der Waals surface area (Å²) in [6.07, 6.45) is 0. The van der Waals surface area contributed by atoms with Gasteiger partial charge in [-0.05, 0) is 23.1 Å². The molecule has 0 atom stereocenters. The van der Waals surface area contributed by atoms with E-state index in [1.165, 1.54) is 11.3 Å². The zero-order chi connectivity index (χ0) is 12.3. The van der Waals surface area contributed by atoms with Crippen molar-refractivity contribution in [3.05, 3.63) is 57.2 Å². The quantitative estimate of drug-likeness (QED) is 0.829. The lowest BCUT2D eigenvalue weighted by Gasteiger charge is -2.17. The molecule has 0 N–H and O–H groups in total. The smallest absolute Gasteiger partial charge is 0.254 e. The van der Waals surface area contributed by atoms with Crippen LogP contribution in [0.4, 0.5) is 0 Å². The monoisotopic (exact) mass is 265 g/mol. The van der Waals surface area contributed by atoms with Crippen molar-refractivity contribution in [2.45, 2.75) is 6.54 Å². The third-order valence-electron chi connectivity index (χ3n) is 2.48. The van der Waals surface area contributed by atoms with Gasteiger partial charge in [-0.15, -0.1) is 0 Å². The van der Waals surface area contributed by atoms with Gasteiger partial charge in [0.05, 0.1) is 5.56 Å². The summed E-state index contributed by atoms with van der Waals surface area (Å²) in [5.74, 6) is 0.0196. The normalized spacial score (nSPS) is 10.2. The van der Waals surface area contributed by atoms with E-state index in [0.29, 0.717) is 11.6 Å². The summed E-state index contributed by atoms with van der Waals surface area (Å²) in [6, 6.07) is 9.40. The van der Waals surface area contributed by atoms with E-state index < -0.39 is 0 Å². The second-order valence-electron chi connectivity index (χ2n) is 3.76. The third-order valence-corrected chi connectivity index (χ3v) is 3.53. The zero-order valence-corrected chi connectivity index (χ0v) is 11.0. The first-order valence-corrected chi connectivity index (χ1v) is 6.51. The van der Waals surface area contributed by atoms with Crippen LogP contribution in [-0.4, -0.2) is 17.9 Å². The van der Waals surface area contributed by atoms with Crippen LogP contribution < -0.4 is 0 Å². The molecule has 2 rings (SSSR count). The molecule has 17 heavy (non-hydrogen) atoms. The SMILES string of the molecule is CN(Cc1ccccc1Cl)C(=O)c1ccsc1. The minimum Gasteiger partial charge on any atom is -0.337 e. The predicted molar refractivity (Wildman–Crippen MR) is 71.6 cm³/mol. The van der Waals surface area contributed by atoms with Gasteiger partial charge in [0.1, 0.15) is 0 Å². The van der Waals surface area contributed by atoms with Crippen LogP contribution in [0.25, 0.3) is 0 Å². The summed E-state index contributed by atoms with van der Waals surface area (Å²) in [4.78, 5) is 13.7. The van der Waals surface area contributed by atoms with Gasteiger partial charge in [-0.1, -0.05) is 29.8 Å². The highest BCUT2D eigenvalue weighted by Crippen LogP contribution is 2.18. The molecular formula is C13H12ClNOS. The Kier molecular flexibility index (Phi) is 3.82. The van der Waals surface area contributed by atoms with Gasteiger partial charge >= 0.3 is 0 Å². The van der Waals surface area contributed by atoms with Crippen LogP contribution in [0.5, 0.6) is 0 Å². The Balaban J connectivity index is 2.10. The van der Waals surface area contributed by atoms with Crippen LogP contribution in [0.3, 0.4) is 0 Å². The van der Waals surface area contributed by atoms with Crippen molar-refractivity contribution in [2.24, 2.45) is 0 Å². The van der Waals surface area contributed by atoms with E-state index in [1.54, 1.807) is 11.9 Å². The molecule has 1 heterocycles. The molecule has 0 radical (unpaired) electrons. The van der Waals surface area contributed by atoms with Crippen molar-refractivity contribution in [2.75, 3.05) is 7.05 Å². The molecule has 0 spiro atoms. The topological polar surface area (TPSA) is 20.3 Å². The summed E-state index contributed by atoms with van der Waals surface area (Å²) >= 11 is 7.58. The Labute approximate surface area is 109 Å². The van der Waals surface area contributed by atoms with Crippen LogP contribution in [0.2, 0.25) is 5.02 Å². The van der Waals surface area contributed by atoms with E-state index in [1.807, 2.05) is 41.1 Å². The van der Waals surface area contributed by atoms with Gasteiger partial charge in [0, 0.05) is 24.0 Å². The lowest BCUT2D eigenvalue weighted by atomic mass is 10.2. The summed E-state index contributed by atoms with van der Waals surface area (Å²) in [7, 11) is 1.78. The van der Waals surface area contributed by atoms with E-state index in [9.17, 15) is 4.79 Å². The van der Waals surface area contributed by atoms with Gasteiger partial charge in [0.25, 0.3) is 5.91 Å². The molecular weight excluding hydrogens is 254 g/mol. The number of rotatable bonds is 3. The molecule has 0 fully saturated rings. The number of carbonyl (C=O) groups is 1. The number of benzene rings is 1. The maximum atomic E-state index is 12.0. The molecule has 1 amide bonds. The standard InChI is InChI=1S/C13H12ClNOS/c1-15(13(16)11-6-7-17-9-11)8-10-4-2-3-5-12(10)14/h2-7,9H,8H2,1H3. The maximum Gasteiger partial charge on any atom is 0.254 e. The van der Waals surface area contributed by atoms with Gasteiger partial charge in [-0.3, -0.25) is 4.79 Å². The molecule has 88 valence electrons. The van der Waals surface area contributed by atoms with Crippen molar-refractivity contribution >= 4 is 28.8 Å². The Morgan fingerprint density at radius 3 is 2.76 bits per heavy atom. The van der Waals surface area contributed by atoms with Gasteiger partial charge in [-0.25, -0.2) is 0 Å². The number of amides is 1. The fraction of sp³-hybridized carbons (Fsp3) is 0.154. The van der Waals surface area contributed by atoms with Crippen molar-refractivity contribution in [1.29, 1.82) is 0 Å². The first kappa shape index (κ1) is 12.1. The first-order chi connectivity index (χ1) is 8.18. The van der Waals surface area contributed by atoms with Crippen LogP contribution in [0.15, 0.2) is 41.1 Å². The minimum atomic E-state index is 0.0196. The lowest BCUT2D eigenvalue weighted by Crippen LogP contribution is -2.25.